The van der Waals surface area contributed by atoms with Crippen molar-refractivity contribution < 1.29 is 9.59 Å². The maximum absolute atomic E-state index is 12.7. The number of hydrogen-bond donors (Lipinski definition) is 2. The first kappa shape index (κ1) is 20.6. The first-order chi connectivity index (χ1) is 13.4. The molecule has 0 unspecified atom stereocenters. The molecular weight excluding hydrogens is 510 g/mol. The third kappa shape index (κ3) is 5.25. The molecule has 0 heterocycles. The third-order valence-electron chi connectivity index (χ3n) is 3.95. The van der Waals surface area contributed by atoms with Crippen molar-refractivity contribution in [1.29, 1.82) is 0 Å². The molecule has 0 aliphatic heterocycles. The maximum atomic E-state index is 12.7. The van der Waals surface area contributed by atoms with Gasteiger partial charge >= 0.3 is 0 Å². The number of anilines is 1. The molecule has 0 fully saturated rings. The highest BCUT2D eigenvalue weighted by Gasteiger charge is 2.17. The first-order valence-electron chi connectivity index (χ1n) is 8.32. The van der Waals surface area contributed by atoms with Crippen molar-refractivity contribution in [3.05, 3.63) is 97.0 Å². The van der Waals surface area contributed by atoms with Gasteiger partial charge in [0.1, 0.15) is 0 Å². The average Bonchev–Trinajstić information content (AvgIpc) is 2.68. The quantitative estimate of drug-likeness (QED) is 0.416. The highest BCUT2D eigenvalue weighted by Crippen LogP contribution is 2.24. The van der Waals surface area contributed by atoms with Crippen molar-refractivity contribution in [2.45, 2.75) is 6.54 Å². The Morgan fingerprint density at radius 1 is 0.857 bits per heavy atom. The fourth-order valence-electron chi connectivity index (χ4n) is 2.55. The van der Waals surface area contributed by atoms with Crippen LogP contribution in [0.25, 0.3) is 0 Å². The zero-order chi connectivity index (χ0) is 20.1. The van der Waals surface area contributed by atoms with E-state index in [0.29, 0.717) is 22.8 Å². The van der Waals surface area contributed by atoms with E-state index in [1.54, 1.807) is 24.3 Å². The van der Waals surface area contributed by atoms with Crippen LogP contribution in [0.1, 0.15) is 26.3 Å². The van der Waals surface area contributed by atoms with Crippen LogP contribution in [0, 0.1) is 3.57 Å². The van der Waals surface area contributed by atoms with E-state index in [0.717, 1.165) is 9.13 Å². The van der Waals surface area contributed by atoms with Gasteiger partial charge in [-0.25, -0.2) is 0 Å². The monoisotopic (exact) mass is 524 g/mol. The molecule has 0 atom stereocenters. The molecule has 3 aromatic carbocycles. The molecule has 0 saturated carbocycles. The van der Waals surface area contributed by atoms with E-state index in [1.165, 1.54) is 6.07 Å². The summed E-state index contributed by atoms with van der Waals surface area (Å²) in [6, 6.07) is 19.5. The molecule has 0 bridgehead atoms. The summed E-state index contributed by atoms with van der Waals surface area (Å²) in [5.41, 5.74) is 2.04. The fraction of sp³-hybridized carbons (Fsp3) is 0.0476. The molecule has 0 radical (unpaired) electrons. The van der Waals surface area contributed by atoms with Crippen molar-refractivity contribution in [3.8, 4) is 0 Å². The lowest BCUT2D eigenvalue weighted by molar-refractivity contribution is 0.0951. The molecule has 7 heteroatoms. The number of rotatable bonds is 5. The Morgan fingerprint density at radius 2 is 1.61 bits per heavy atom. The predicted molar refractivity (Wildman–Crippen MR) is 121 cm³/mol. The second-order valence-corrected chi connectivity index (χ2v) is 8.03. The molecule has 0 aliphatic rings. The second kappa shape index (κ2) is 9.41. The molecule has 0 spiro atoms. The van der Waals surface area contributed by atoms with E-state index in [2.05, 4.69) is 33.2 Å². The van der Waals surface area contributed by atoms with Crippen LogP contribution in [0.3, 0.4) is 0 Å². The van der Waals surface area contributed by atoms with Gasteiger partial charge < -0.3 is 10.6 Å². The zero-order valence-electron chi connectivity index (χ0n) is 14.5. The summed E-state index contributed by atoms with van der Waals surface area (Å²) in [5, 5.41) is 6.32. The molecule has 0 saturated heterocycles. The Balaban J connectivity index is 1.80. The predicted octanol–water partition coefficient (Wildman–Crippen LogP) is 5.78. The SMILES string of the molecule is O=C(Nc1ccc(I)cc1C(=O)NCc1ccccc1)c1ccc(Cl)cc1Cl. The van der Waals surface area contributed by atoms with E-state index in [1.807, 2.05) is 36.4 Å². The van der Waals surface area contributed by atoms with E-state index < -0.39 is 5.91 Å². The van der Waals surface area contributed by atoms with Gasteiger partial charge in [0.05, 0.1) is 21.8 Å². The van der Waals surface area contributed by atoms with Gasteiger partial charge in [-0.05, 0) is 64.6 Å². The van der Waals surface area contributed by atoms with Gasteiger partial charge in [0.25, 0.3) is 11.8 Å². The van der Waals surface area contributed by atoms with Crippen molar-refractivity contribution >= 4 is 63.3 Å². The average molecular weight is 525 g/mol. The molecule has 2 N–H and O–H groups in total. The largest absolute Gasteiger partial charge is 0.348 e. The molecule has 4 nitrogen and oxygen atoms in total. The fourth-order valence-corrected chi connectivity index (χ4v) is 3.54. The molecule has 3 rings (SSSR count). The summed E-state index contributed by atoms with van der Waals surface area (Å²) in [7, 11) is 0. The third-order valence-corrected chi connectivity index (χ3v) is 5.16. The lowest BCUT2D eigenvalue weighted by atomic mass is 10.1. The maximum Gasteiger partial charge on any atom is 0.257 e. The van der Waals surface area contributed by atoms with Gasteiger partial charge in [-0.2, -0.15) is 0 Å². The van der Waals surface area contributed by atoms with Crippen LogP contribution < -0.4 is 10.6 Å². The highest BCUT2D eigenvalue weighted by molar-refractivity contribution is 14.1. The number of carbonyl (C=O) groups excluding carboxylic acids is 2. The Hall–Kier alpha value is -2.09. The van der Waals surface area contributed by atoms with Gasteiger partial charge in [0.2, 0.25) is 0 Å². The summed E-state index contributed by atoms with van der Waals surface area (Å²) in [5.74, 6) is -0.695. The summed E-state index contributed by atoms with van der Waals surface area (Å²) in [6.45, 7) is 0.390. The van der Waals surface area contributed by atoms with Crippen LogP contribution in [0.2, 0.25) is 10.0 Å². The van der Waals surface area contributed by atoms with E-state index in [4.69, 9.17) is 23.2 Å². The Labute approximate surface area is 186 Å². The van der Waals surface area contributed by atoms with E-state index in [-0.39, 0.29) is 16.5 Å². The van der Waals surface area contributed by atoms with Crippen LogP contribution in [0.5, 0.6) is 0 Å². The van der Waals surface area contributed by atoms with Crippen LogP contribution in [0.15, 0.2) is 66.7 Å². The summed E-state index contributed by atoms with van der Waals surface area (Å²) in [6.07, 6.45) is 0. The number of amides is 2. The Bertz CT molecular complexity index is 1030. The van der Waals surface area contributed by atoms with Gasteiger partial charge in [0, 0.05) is 15.1 Å². The smallest absolute Gasteiger partial charge is 0.257 e. The molecule has 0 aliphatic carbocycles. The van der Waals surface area contributed by atoms with E-state index >= 15 is 0 Å². The number of nitrogens with one attached hydrogen (secondary N) is 2. The number of carbonyl (C=O) groups is 2. The number of halogens is 3. The normalized spacial score (nSPS) is 10.4. The minimum Gasteiger partial charge on any atom is -0.348 e. The molecule has 2 amide bonds. The van der Waals surface area contributed by atoms with Gasteiger partial charge in [-0.1, -0.05) is 53.5 Å². The molecule has 0 aromatic heterocycles. The number of benzene rings is 3. The standard InChI is InChI=1S/C21H15Cl2IN2O2/c22-14-6-8-16(18(23)10-14)21(28)26-19-9-7-15(24)11-17(19)20(27)25-12-13-4-2-1-3-5-13/h1-11H,12H2,(H,25,27)(H,26,28). The van der Waals surface area contributed by atoms with Crippen molar-refractivity contribution in [2.24, 2.45) is 0 Å². The molecular formula is C21H15Cl2IN2O2. The molecule has 28 heavy (non-hydrogen) atoms. The van der Waals surface area contributed by atoms with Crippen molar-refractivity contribution in [2.75, 3.05) is 5.32 Å². The summed E-state index contributed by atoms with van der Waals surface area (Å²) >= 11 is 14.1. The van der Waals surface area contributed by atoms with Crippen LogP contribution >= 0.6 is 45.8 Å². The van der Waals surface area contributed by atoms with E-state index in [9.17, 15) is 9.59 Å². The van der Waals surface area contributed by atoms with Gasteiger partial charge in [0.15, 0.2) is 0 Å². The van der Waals surface area contributed by atoms with Crippen molar-refractivity contribution in [1.82, 2.24) is 5.32 Å². The minimum absolute atomic E-state index is 0.241. The summed E-state index contributed by atoms with van der Waals surface area (Å²) < 4.78 is 0.880. The highest BCUT2D eigenvalue weighted by atomic mass is 127. The number of hydrogen-bond acceptors (Lipinski definition) is 2. The first-order valence-corrected chi connectivity index (χ1v) is 10.2. The van der Waals surface area contributed by atoms with Gasteiger partial charge in [-0.15, -0.1) is 0 Å². The summed E-state index contributed by atoms with van der Waals surface area (Å²) in [4.78, 5) is 25.3. The minimum atomic E-state index is -0.417. The molecule has 3 aromatic rings. The Morgan fingerprint density at radius 3 is 2.32 bits per heavy atom. The Kier molecular flexibility index (Phi) is 6.93. The van der Waals surface area contributed by atoms with Crippen molar-refractivity contribution in [3.63, 3.8) is 0 Å². The lowest BCUT2D eigenvalue weighted by Gasteiger charge is -2.13. The lowest BCUT2D eigenvalue weighted by Crippen LogP contribution is -2.25. The van der Waals surface area contributed by atoms with Crippen LogP contribution in [-0.2, 0) is 6.54 Å². The van der Waals surface area contributed by atoms with Crippen LogP contribution in [-0.4, -0.2) is 11.8 Å². The van der Waals surface area contributed by atoms with Gasteiger partial charge in [-0.3, -0.25) is 9.59 Å². The topological polar surface area (TPSA) is 58.2 Å². The second-order valence-electron chi connectivity index (χ2n) is 5.94. The zero-order valence-corrected chi connectivity index (χ0v) is 18.2. The van der Waals surface area contributed by atoms with Crippen LogP contribution in [0.4, 0.5) is 5.69 Å². The molecule has 142 valence electrons.